The molecular weight excluding hydrogens is 448 g/mol. The van der Waals surface area contributed by atoms with E-state index in [1.807, 2.05) is 0 Å². The lowest BCUT2D eigenvalue weighted by molar-refractivity contribution is -0.150. The third-order valence-corrected chi connectivity index (χ3v) is 10.9. The van der Waals surface area contributed by atoms with Gasteiger partial charge in [0.1, 0.15) is 6.10 Å². The fraction of sp³-hybridized carbons (Fsp3) is 0.938. The van der Waals surface area contributed by atoms with Gasteiger partial charge in [0.15, 0.2) is 0 Å². The molecule has 2 aliphatic carbocycles. The highest BCUT2D eigenvalue weighted by Gasteiger charge is 2.60. The summed E-state index contributed by atoms with van der Waals surface area (Å²) in [5, 5.41) is 0. The van der Waals surface area contributed by atoms with E-state index in [0.717, 1.165) is 25.7 Å². The van der Waals surface area contributed by atoms with Gasteiger partial charge in [-0.25, -0.2) is 0 Å². The van der Waals surface area contributed by atoms with Crippen LogP contribution in [0.4, 0.5) is 0 Å². The van der Waals surface area contributed by atoms with Crippen LogP contribution in [-0.2, 0) is 19.1 Å². The zero-order valence-electron chi connectivity index (χ0n) is 25.1. The number of carbonyl (C=O) groups is 2. The molecule has 206 valence electrons. The van der Waals surface area contributed by atoms with Gasteiger partial charge < -0.3 is 9.47 Å². The van der Waals surface area contributed by atoms with Crippen LogP contribution in [0.1, 0.15) is 108 Å². The Hall–Kier alpha value is -1.06. The van der Waals surface area contributed by atoms with E-state index in [0.29, 0.717) is 36.2 Å². The summed E-state index contributed by atoms with van der Waals surface area (Å²) < 4.78 is 12.0. The number of cyclic esters (lactones) is 2. The zero-order valence-corrected chi connectivity index (χ0v) is 25.1. The van der Waals surface area contributed by atoms with Crippen LogP contribution >= 0.6 is 0 Å². The van der Waals surface area contributed by atoms with E-state index in [9.17, 15) is 9.59 Å². The van der Waals surface area contributed by atoms with E-state index < -0.39 is 0 Å². The van der Waals surface area contributed by atoms with Crippen LogP contribution in [0.5, 0.6) is 0 Å². The molecule has 9 atom stereocenters. The third-order valence-electron chi connectivity index (χ3n) is 10.9. The van der Waals surface area contributed by atoms with Gasteiger partial charge in [-0.15, -0.1) is 0 Å². The molecule has 0 bridgehead atoms. The molecular formula is C32H54O4. The SMILES string of the molecule is CC(C)(C)C1CCC2C(CC(C)(C)C3C4COC(=O)C4CCC3C(C)(C)C)OC(=O)C2C1C(C)(C)C. The normalized spacial score (nSPS) is 39.9. The maximum atomic E-state index is 13.6. The van der Waals surface area contributed by atoms with Crippen LogP contribution in [0, 0.1) is 69.0 Å². The standard InChI is InChI=1S/C32H54O4/c1-29(2,3)21-14-12-18-20(17-35-27(18)33)25(21)32(10,11)16-23-19-13-15-22(30(4,5)6)26(31(7,8)9)24(19)28(34)36-23/h18-26H,12-17H2,1-11H3. The van der Waals surface area contributed by atoms with Crippen molar-refractivity contribution in [3.8, 4) is 0 Å². The van der Waals surface area contributed by atoms with Gasteiger partial charge in [0.05, 0.1) is 18.4 Å². The minimum Gasteiger partial charge on any atom is -0.465 e. The summed E-state index contributed by atoms with van der Waals surface area (Å²) in [6.45, 7) is 26.3. The summed E-state index contributed by atoms with van der Waals surface area (Å²) >= 11 is 0. The second-order valence-electron chi connectivity index (χ2n) is 16.8. The topological polar surface area (TPSA) is 52.6 Å². The number of ether oxygens (including phenoxy) is 2. The molecule has 36 heavy (non-hydrogen) atoms. The van der Waals surface area contributed by atoms with Crippen molar-refractivity contribution in [2.45, 2.75) is 114 Å². The van der Waals surface area contributed by atoms with Crippen LogP contribution in [-0.4, -0.2) is 24.6 Å². The van der Waals surface area contributed by atoms with Crippen molar-refractivity contribution in [1.82, 2.24) is 0 Å². The average Bonchev–Trinajstić information content (AvgIpc) is 3.24. The highest BCUT2D eigenvalue weighted by atomic mass is 16.6. The minimum absolute atomic E-state index is 0.00214. The van der Waals surface area contributed by atoms with Crippen molar-refractivity contribution >= 4 is 11.9 Å². The van der Waals surface area contributed by atoms with Crippen molar-refractivity contribution in [2.75, 3.05) is 6.61 Å². The van der Waals surface area contributed by atoms with Gasteiger partial charge in [-0.1, -0.05) is 76.2 Å². The van der Waals surface area contributed by atoms with Crippen LogP contribution < -0.4 is 0 Å². The Kier molecular flexibility index (Phi) is 7.00. The molecule has 4 heteroatoms. The summed E-state index contributed by atoms with van der Waals surface area (Å²) in [7, 11) is 0. The molecule has 0 N–H and O–H groups in total. The van der Waals surface area contributed by atoms with Crippen molar-refractivity contribution < 1.29 is 19.1 Å². The molecule has 0 aromatic rings. The van der Waals surface area contributed by atoms with E-state index in [1.54, 1.807) is 0 Å². The van der Waals surface area contributed by atoms with Gasteiger partial charge in [0.25, 0.3) is 0 Å². The molecule has 9 unspecified atom stereocenters. The fourth-order valence-corrected chi connectivity index (χ4v) is 9.46. The number of esters is 2. The van der Waals surface area contributed by atoms with Gasteiger partial charge in [0, 0.05) is 11.8 Å². The predicted octanol–water partition coefficient (Wildman–Crippen LogP) is 7.54. The maximum absolute atomic E-state index is 13.6. The summed E-state index contributed by atoms with van der Waals surface area (Å²) in [5.41, 5.74) is 0.343. The maximum Gasteiger partial charge on any atom is 0.309 e. The first kappa shape index (κ1) is 28.0. The predicted molar refractivity (Wildman–Crippen MR) is 144 cm³/mol. The fourth-order valence-electron chi connectivity index (χ4n) is 9.46. The first-order chi connectivity index (χ1) is 16.3. The molecule has 2 heterocycles. The molecule has 0 radical (unpaired) electrons. The summed E-state index contributed by atoms with van der Waals surface area (Å²) in [6, 6.07) is 0. The first-order valence-electron chi connectivity index (χ1n) is 14.7. The Labute approximate surface area is 221 Å². The molecule has 4 rings (SSSR count). The van der Waals surface area contributed by atoms with Crippen molar-refractivity contribution in [2.24, 2.45) is 69.0 Å². The van der Waals surface area contributed by atoms with Gasteiger partial charge in [0.2, 0.25) is 0 Å². The van der Waals surface area contributed by atoms with Gasteiger partial charge in [-0.05, 0) is 77.4 Å². The number of carbonyl (C=O) groups excluding carboxylic acids is 2. The van der Waals surface area contributed by atoms with E-state index in [-0.39, 0.29) is 57.5 Å². The Morgan fingerprint density at radius 2 is 1.22 bits per heavy atom. The average molecular weight is 503 g/mol. The number of hydrogen-bond acceptors (Lipinski definition) is 4. The van der Waals surface area contributed by atoms with Crippen molar-refractivity contribution in [3.05, 3.63) is 0 Å². The summed E-state index contributed by atoms with van der Waals surface area (Å²) in [4.78, 5) is 26.1. The van der Waals surface area contributed by atoms with E-state index >= 15 is 0 Å². The molecule has 2 saturated carbocycles. The molecule has 0 spiro atoms. The lowest BCUT2D eigenvalue weighted by atomic mass is 9.50. The molecule has 2 saturated heterocycles. The molecule has 4 aliphatic rings. The zero-order chi connectivity index (χ0) is 27.0. The number of rotatable bonds is 3. The van der Waals surface area contributed by atoms with Gasteiger partial charge in [-0.2, -0.15) is 0 Å². The molecule has 0 aromatic carbocycles. The van der Waals surface area contributed by atoms with Crippen molar-refractivity contribution in [3.63, 3.8) is 0 Å². The molecule has 2 aliphatic heterocycles. The van der Waals surface area contributed by atoms with E-state index in [4.69, 9.17) is 9.47 Å². The van der Waals surface area contributed by atoms with Crippen LogP contribution in [0.2, 0.25) is 0 Å². The monoisotopic (exact) mass is 502 g/mol. The molecule has 0 aromatic heterocycles. The Bertz CT molecular complexity index is 851. The summed E-state index contributed by atoms with van der Waals surface area (Å²) in [6.07, 6.45) is 5.12. The largest absolute Gasteiger partial charge is 0.465 e. The molecule has 0 amide bonds. The van der Waals surface area contributed by atoms with E-state index in [1.165, 1.54) is 6.42 Å². The first-order valence-corrected chi connectivity index (χ1v) is 14.7. The van der Waals surface area contributed by atoms with Crippen LogP contribution in [0.15, 0.2) is 0 Å². The van der Waals surface area contributed by atoms with Crippen molar-refractivity contribution in [1.29, 1.82) is 0 Å². The highest BCUT2D eigenvalue weighted by molar-refractivity contribution is 5.76. The van der Waals surface area contributed by atoms with Gasteiger partial charge >= 0.3 is 11.9 Å². The lowest BCUT2D eigenvalue weighted by Crippen LogP contribution is -2.50. The summed E-state index contributed by atoms with van der Waals surface area (Å²) in [5.74, 6) is 2.42. The quantitative estimate of drug-likeness (QED) is 0.374. The smallest absolute Gasteiger partial charge is 0.309 e. The third kappa shape index (κ3) is 4.89. The van der Waals surface area contributed by atoms with Crippen LogP contribution in [0.3, 0.4) is 0 Å². The second kappa shape index (κ2) is 9.01. The second-order valence-corrected chi connectivity index (χ2v) is 16.8. The van der Waals surface area contributed by atoms with E-state index in [2.05, 4.69) is 76.2 Å². The number of hydrogen-bond donors (Lipinski definition) is 0. The van der Waals surface area contributed by atoms with Gasteiger partial charge in [-0.3, -0.25) is 9.59 Å². The Morgan fingerprint density at radius 1 is 0.667 bits per heavy atom. The number of fused-ring (bicyclic) bond motifs is 2. The van der Waals surface area contributed by atoms with Crippen LogP contribution in [0.25, 0.3) is 0 Å². The Balaban J connectivity index is 1.63. The molecule has 4 nitrogen and oxygen atoms in total. The Morgan fingerprint density at radius 3 is 1.78 bits per heavy atom. The lowest BCUT2D eigenvalue weighted by Gasteiger charge is -2.53. The minimum atomic E-state index is -0.0484. The molecule has 4 fully saturated rings. The highest BCUT2D eigenvalue weighted by Crippen LogP contribution is 2.60.